The normalized spacial score (nSPS) is 18.9. The molecular weight excluding hydrogens is 340 g/mol. The van der Waals surface area contributed by atoms with Gasteiger partial charge in [-0.1, -0.05) is 12.1 Å². The standard InChI is InChI=1S/C21H28N4O2/c1-16-22-9-12-24(16)11-7-19-4-2-3-10-25(19)21(26)23-15-17-5-6-20-18(14-17)8-13-27-20/h5-6,9,12,14,19H,2-4,7-8,10-11,13,15H2,1H3,(H,23,26). The van der Waals surface area contributed by atoms with E-state index >= 15 is 0 Å². The largest absolute Gasteiger partial charge is 0.493 e. The maximum Gasteiger partial charge on any atom is 0.317 e. The second-order valence-electron chi connectivity index (χ2n) is 7.50. The van der Waals surface area contributed by atoms with Gasteiger partial charge in [0.1, 0.15) is 11.6 Å². The van der Waals surface area contributed by atoms with Crippen LogP contribution in [0.5, 0.6) is 5.75 Å². The van der Waals surface area contributed by atoms with E-state index in [1.165, 1.54) is 12.0 Å². The summed E-state index contributed by atoms with van der Waals surface area (Å²) in [6, 6.07) is 6.56. The van der Waals surface area contributed by atoms with E-state index in [0.29, 0.717) is 12.6 Å². The summed E-state index contributed by atoms with van der Waals surface area (Å²) in [5.74, 6) is 2.01. The predicted molar refractivity (Wildman–Crippen MR) is 104 cm³/mol. The smallest absolute Gasteiger partial charge is 0.317 e. The molecule has 0 spiro atoms. The second kappa shape index (κ2) is 8.03. The Hall–Kier alpha value is -2.50. The first kappa shape index (κ1) is 17.9. The van der Waals surface area contributed by atoms with Gasteiger partial charge in [-0.2, -0.15) is 0 Å². The third-order valence-corrected chi connectivity index (χ3v) is 5.71. The lowest BCUT2D eigenvalue weighted by Crippen LogP contribution is -2.48. The summed E-state index contributed by atoms with van der Waals surface area (Å²) in [4.78, 5) is 19.1. The van der Waals surface area contributed by atoms with E-state index in [9.17, 15) is 4.79 Å². The van der Waals surface area contributed by atoms with Crippen molar-refractivity contribution >= 4 is 6.03 Å². The number of urea groups is 1. The van der Waals surface area contributed by atoms with Crippen LogP contribution in [-0.4, -0.2) is 39.7 Å². The van der Waals surface area contributed by atoms with Crippen LogP contribution in [0.15, 0.2) is 30.6 Å². The highest BCUT2D eigenvalue weighted by molar-refractivity contribution is 5.74. The van der Waals surface area contributed by atoms with Crippen molar-refractivity contribution in [3.05, 3.63) is 47.5 Å². The van der Waals surface area contributed by atoms with Gasteiger partial charge in [-0.15, -0.1) is 0 Å². The fraction of sp³-hybridized carbons (Fsp3) is 0.524. The molecule has 6 nitrogen and oxygen atoms in total. The van der Waals surface area contributed by atoms with E-state index in [2.05, 4.69) is 20.9 Å². The molecule has 0 radical (unpaired) electrons. The Labute approximate surface area is 160 Å². The van der Waals surface area contributed by atoms with E-state index in [-0.39, 0.29) is 6.03 Å². The second-order valence-corrected chi connectivity index (χ2v) is 7.50. The van der Waals surface area contributed by atoms with Crippen molar-refractivity contribution in [2.75, 3.05) is 13.2 Å². The Kier molecular flexibility index (Phi) is 5.32. The number of benzene rings is 1. The number of nitrogens with zero attached hydrogens (tertiary/aromatic N) is 3. The van der Waals surface area contributed by atoms with Crippen molar-refractivity contribution in [1.82, 2.24) is 19.8 Å². The number of ether oxygens (including phenoxy) is 1. The number of amides is 2. The lowest BCUT2D eigenvalue weighted by atomic mass is 9.99. The summed E-state index contributed by atoms with van der Waals surface area (Å²) in [7, 11) is 0. The van der Waals surface area contributed by atoms with Gasteiger partial charge in [0.2, 0.25) is 0 Å². The lowest BCUT2D eigenvalue weighted by molar-refractivity contribution is 0.143. The highest BCUT2D eigenvalue weighted by Gasteiger charge is 2.26. The highest BCUT2D eigenvalue weighted by atomic mass is 16.5. The Morgan fingerprint density at radius 2 is 2.30 bits per heavy atom. The zero-order valence-electron chi connectivity index (χ0n) is 16.0. The van der Waals surface area contributed by atoms with Crippen molar-refractivity contribution in [3.63, 3.8) is 0 Å². The topological polar surface area (TPSA) is 59.4 Å². The first-order valence-corrected chi connectivity index (χ1v) is 9.97. The van der Waals surface area contributed by atoms with Crippen molar-refractivity contribution in [1.29, 1.82) is 0 Å². The number of piperidine rings is 1. The van der Waals surface area contributed by atoms with Crippen LogP contribution in [-0.2, 0) is 19.5 Å². The number of fused-ring (bicyclic) bond motifs is 1. The molecule has 4 rings (SSSR count). The van der Waals surface area contributed by atoms with Gasteiger partial charge in [-0.25, -0.2) is 9.78 Å². The van der Waals surface area contributed by atoms with Gasteiger partial charge in [0.05, 0.1) is 6.61 Å². The van der Waals surface area contributed by atoms with Crippen molar-refractivity contribution in [3.8, 4) is 5.75 Å². The van der Waals surface area contributed by atoms with Gasteiger partial charge in [0, 0.05) is 44.5 Å². The van der Waals surface area contributed by atoms with Gasteiger partial charge >= 0.3 is 6.03 Å². The molecule has 3 heterocycles. The summed E-state index contributed by atoms with van der Waals surface area (Å²) in [5, 5.41) is 3.12. The number of aromatic nitrogens is 2. The summed E-state index contributed by atoms with van der Waals surface area (Å²) in [6.07, 6.45) is 9.14. The van der Waals surface area contributed by atoms with Crippen LogP contribution in [0, 0.1) is 6.92 Å². The molecule has 6 heteroatoms. The van der Waals surface area contributed by atoms with Crippen molar-refractivity contribution in [2.45, 2.75) is 58.2 Å². The van der Waals surface area contributed by atoms with E-state index in [0.717, 1.165) is 62.5 Å². The average molecular weight is 368 g/mol. The molecule has 1 atom stereocenters. The minimum Gasteiger partial charge on any atom is -0.493 e. The Balaban J connectivity index is 1.33. The maximum absolute atomic E-state index is 12.8. The minimum absolute atomic E-state index is 0.0544. The molecule has 2 aliphatic rings. The SMILES string of the molecule is Cc1nccn1CCC1CCCCN1C(=O)NCc1ccc2c(c1)CCO2. The molecule has 2 aliphatic heterocycles. The minimum atomic E-state index is 0.0544. The Morgan fingerprint density at radius 1 is 1.37 bits per heavy atom. The van der Waals surface area contributed by atoms with Gasteiger partial charge in [-0.3, -0.25) is 0 Å². The van der Waals surface area contributed by atoms with Gasteiger partial charge < -0.3 is 19.5 Å². The van der Waals surface area contributed by atoms with E-state index in [1.54, 1.807) is 0 Å². The molecule has 1 aromatic carbocycles. The number of hydrogen-bond donors (Lipinski definition) is 1. The molecule has 27 heavy (non-hydrogen) atoms. The first-order chi connectivity index (χ1) is 13.2. The molecule has 1 unspecified atom stereocenters. The first-order valence-electron chi connectivity index (χ1n) is 9.97. The average Bonchev–Trinajstić information content (AvgIpc) is 3.32. The zero-order chi connectivity index (χ0) is 18.6. The molecular formula is C21H28N4O2. The third-order valence-electron chi connectivity index (χ3n) is 5.71. The lowest BCUT2D eigenvalue weighted by Gasteiger charge is -2.36. The molecule has 0 saturated carbocycles. The molecule has 1 saturated heterocycles. The molecule has 1 fully saturated rings. The van der Waals surface area contributed by atoms with Crippen LogP contribution in [0.2, 0.25) is 0 Å². The van der Waals surface area contributed by atoms with Crippen LogP contribution < -0.4 is 10.1 Å². The third kappa shape index (κ3) is 4.10. The summed E-state index contributed by atoms with van der Waals surface area (Å²) < 4.78 is 7.72. The van der Waals surface area contributed by atoms with Crippen LogP contribution in [0.3, 0.4) is 0 Å². The number of imidazole rings is 1. The molecule has 0 aliphatic carbocycles. The van der Waals surface area contributed by atoms with E-state index in [1.807, 2.05) is 36.4 Å². The molecule has 2 amide bonds. The summed E-state index contributed by atoms with van der Waals surface area (Å²) in [5.41, 5.74) is 2.38. The Morgan fingerprint density at radius 3 is 3.15 bits per heavy atom. The zero-order valence-corrected chi connectivity index (χ0v) is 16.0. The van der Waals surface area contributed by atoms with Gasteiger partial charge in [0.15, 0.2) is 0 Å². The number of aryl methyl sites for hydroxylation is 2. The summed E-state index contributed by atoms with van der Waals surface area (Å²) >= 11 is 0. The van der Waals surface area contributed by atoms with Gasteiger partial charge in [0.25, 0.3) is 0 Å². The molecule has 144 valence electrons. The number of likely N-dealkylation sites (tertiary alicyclic amines) is 1. The Bertz CT molecular complexity index is 801. The number of rotatable bonds is 5. The predicted octanol–water partition coefficient (Wildman–Crippen LogP) is 3.28. The van der Waals surface area contributed by atoms with Gasteiger partial charge in [-0.05, 0) is 49.8 Å². The quantitative estimate of drug-likeness (QED) is 0.881. The van der Waals surface area contributed by atoms with E-state index < -0.39 is 0 Å². The van der Waals surface area contributed by atoms with E-state index in [4.69, 9.17) is 4.74 Å². The molecule has 0 bridgehead atoms. The molecule has 1 N–H and O–H groups in total. The van der Waals surface area contributed by atoms with Crippen LogP contribution in [0.1, 0.15) is 42.6 Å². The number of carbonyl (C=O) groups is 1. The fourth-order valence-electron chi connectivity index (χ4n) is 4.13. The number of hydrogen-bond acceptors (Lipinski definition) is 3. The fourth-order valence-corrected chi connectivity index (χ4v) is 4.13. The van der Waals surface area contributed by atoms with Crippen molar-refractivity contribution in [2.24, 2.45) is 0 Å². The van der Waals surface area contributed by atoms with Crippen LogP contribution >= 0.6 is 0 Å². The highest BCUT2D eigenvalue weighted by Crippen LogP contribution is 2.26. The molecule has 2 aromatic rings. The maximum atomic E-state index is 12.8. The molecule has 1 aromatic heterocycles. The van der Waals surface area contributed by atoms with Crippen LogP contribution in [0.25, 0.3) is 0 Å². The van der Waals surface area contributed by atoms with Crippen LogP contribution in [0.4, 0.5) is 4.79 Å². The number of carbonyl (C=O) groups excluding carboxylic acids is 1. The summed E-state index contributed by atoms with van der Waals surface area (Å²) in [6.45, 7) is 5.10. The van der Waals surface area contributed by atoms with Crippen molar-refractivity contribution < 1.29 is 9.53 Å². The monoisotopic (exact) mass is 368 g/mol. The number of nitrogens with one attached hydrogen (secondary N) is 1.